The molecule has 1 N–H and O–H groups in total. The predicted octanol–water partition coefficient (Wildman–Crippen LogP) is 4.32. The van der Waals surface area contributed by atoms with E-state index in [9.17, 15) is 4.21 Å². The molecule has 5 nitrogen and oxygen atoms in total. The highest BCUT2D eigenvalue weighted by Crippen LogP contribution is 2.31. The van der Waals surface area contributed by atoms with Gasteiger partial charge in [-0.1, -0.05) is 36.4 Å². The standard InChI is InChI=1S/C21H20N2O3S/c1-25-18-12-13-19(26-2)21(14-18)27(24)20-11-7-6-8-16(20)15-22-23-17-9-4-3-5-10-17/h3-15,23H,1-2H3. The molecule has 0 saturated carbocycles. The lowest BCUT2D eigenvalue weighted by atomic mass is 10.2. The van der Waals surface area contributed by atoms with E-state index in [0.717, 1.165) is 11.3 Å². The van der Waals surface area contributed by atoms with Crippen molar-refractivity contribution in [3.8, 4) is 11.5 Å². The highest BCUT2D eigenvalue weighted by atomic mass is 32.2. The van der Waals surface area contributed by atoms with Crippen molar-refractivity contribution in [2.75, 3.05) is 19.6 Å². The fourth-order valence-electron chi connectivity index (χ4n) is 2.49. The number of hydrogen-bond donors (Lipinski definition) is 1. The van der Waals surface area contributed by atoms with Crippen molar-refractivity contribution in [2.24, 2.45) is 5.10 Å². The average Bonchev–Trinajstić information content (AvgIpc) is 2.74. The SMILES string of the molecule is COc1ccc(OC)c(S(=O)c2ccccc2C=NNc2ccccc2)c1. The van der Waals surface area contributed by atoms with Gasteiger partial charge in [0.15, 0.2) is 0 Å². The molecule has 0 radical (unpaired) electrons. The van der Waals surface area contributed by atoms with Gasteiger partial charge in [-0.3, -0.25) is 5.43 Å². The molecule has 0 spiro atoms. The monoisotopic (exact) mass is 380 g/mol. The van der Waals surface area contributed by atoms with E-state index in [4.69, 9.17) is 9.47 Å². The molecule has 1 unspecified atom stereocenters. The Bertz CT molecular complexity index is 959. The Morgan fingerprint density at radius 2 is 1.63 bits per heavy atom. The molecule has 0 aliphatic rings. The van der Waals surface area contributed by atoms with E-state index in [0.29, 0.717) is 21.3 Å². The number of anilines is 1. The molecule has 3 rings (SSSR count). The first-order chi connectivity index (χ1) is 13.2. The number of para-hydroxylation sites is 1. The summed E-state index contributed by atoms with van der Waals surface area (Å²) in [6.07, 6.45) is 1.66. The van der Waals surface area contributed by atoms with Gasteiger partial charge in [0.1, 0.15) is 11.5 Å². The molecule has 1 atom stereocenters. The summed E-state index contributed by atoms with van der Waals surface area (Å²) in [6.45, 7) is 0. The lowest BCUT2D eigenvalue weighted by Crippen LogP contribution is -2.02. The van der Waals surface area contributed by atoms with Crippen LogP contribution < -0.4 is 14.9 Å². The number of hydrogen-bond acceptors (Lipinski definition) is 5. The number of ether oxygens (including phenoxy) is 2. The first-order valence-electron chi connectivity index (χ1n) is 8.30. The first kappa shape index (κ1) is 18.7. The van der Waals surface area contributed by atoms with Gasteiger partial charge in [-0.2, -0.15) is 5.10 Å². The molecular formula is C21H20N2O3S. The van der Waals surface area contributed by atoms with Crippen molar-refractivity contribution in [3.63, 3.8) is 0 Å². The van der Waals surface area contributed by atoms with Crippen LogP contribution in [0.4, 0.5) is 5.69 Å². The van der Waals surface area contributed by atoms with Gasteiger partial charge < -0.3 is 9.47 Å². The molecule has 27 heavy (non-hydrogen) atoms. The second kappa shape index (κ2) is 9.00. The van der Waals surface area contributed by atoms with E-state index in [1.807, 2.05) is 54.6 Å². The Morgan fingerprint density at radius 1 is 0.889 bits per heavy atom. The third-order valence-electron chi connectivity index (χ3n) is 3.86. The fraction of sp³-hybridized carbons (Fsp3) is 0.0952. The van der Waals surface area contributed by atoms with E-state index in [2.05, 4.69) is 10.5 Å². The van der Waals surface area contributed by atoms with Gasteiger partial charge in [-0.25, -0.2) is 4.21 Å². The summed E-state index contributed by atoms with van der Waals surface area (Å²) in [6, 6.07) is 22.3. The summed E-state index contributed by atoms with van der Waals surface area (Å²) in [4.78, 5) is 1.19. The van der Waals surface area contributed by atoms with Crippen molar-refractivity contribution in [2.45, 2.75) is 9.79 Å². The third-order valence-corrected chi connectivity index (χ3v) is 5.35. The summed E-state index contributed by atoms with van der Waals surface area (Å²) >= 11 is 0. The Balaban J connectivity index is 1.90. The zero-order chi connectivity index (χ0) is 19.1. The van der Waals surface area contributed by atoms with Crippen LogP contribution >= 0.6 is 0 Å². The van der Waals surface area contributed by atoms with Gasteiger partial charge in [-0.15, -0.1) is 0 Å². The summed E-state index contributed by atoms with van der Waals surface area (Å²) in [5.74, 6) is 1.17. The van der Waals surface area contributed by atoms with Crippen LogP contribution in [0, 0.1) is 0 Å². The van der Waals surface area contributed by atoms with E-state index in [1.165, 1.54) is 0 Å². The van der Waals surface area contributed by atoms with E-state index < -0.39 is 10.8 Å². The normalized spacial score (nSPS) is 11.9. The third kappa shape index (κ3) is 4.54. The Morgan fingerprint density at radius 3 is 2.37 bits per heavy atom. The minimum atomic E-state index is -1.45. The Hall–Kier alpha value is -3.12. The van der Waals surface area contributed by atoms with Crippen LogP contribution in [0.2, 0.25) is 0 Å². The van der Waals surface area contributed by atoms with Crippen LogP contribution in [0.3, 0.4) is 0 Å². The Labute approximate surface area is 161 Å². The van der Waals surface area contributed by atoms with Gasteiger partial charge in [0.2, 0.25) is 0 Å². The van der Waals surface area contributed by atoms with Crippen molar-refractivity contribution in [1.82, 2.24) is 0 Å². The highest BCUT2D eigenvalue weighted by Gasteiger charge is 2.16. The van der Waals surface area contributed by atoms with Gasteiger partial charge in [0, 0.05) is 11.6 Å². The number of nitrogens with zero attached hydrogens (tertiary/aromatic N) is 1. The molecule has 0 amide bonds. The van der Waals surface area contributed by atoms with E-state index in [-0.39, 0.29) is 0 Å². The molecule has 0 aromatic heterocycles. The second-order valence-corrected chi connectivity index (χ2v) is 6.98. The van der Waals surface area contributed by atoms with Crippen molar-refractivity contribution in [1.29, 1.82) is 0 Å². The van der Waals surface area contributed by atoms with Crippen LogP contribution in [0.5, 0.6) is 11.5 Å². The number of methoxy groups -OCH3 is 2. The Kier molecular flexibility index (Phi) is 6.22. The molecule has 6 heteroatoms. The maximum atomic E-state index is 13.2. The van der Waals surface area contributed by atoms with E-state index in [1.54, 1.807) is 38.6 Å². The molecule has 138 valence electrons. The van der Waals surface area contributed by atoms with Crippen LogP contribution in [-0.2, 0) is 10.8 Å². The molecule has 0 aliphatic carbocycles. The largest absolute Gasteiger partial charge is 0.497 e. The second-order valence-electron chi connectivity index (χ2n) is 5.56. The van der Waals surface area contributed by atoms with Gasteiger partial charge in [0.05, 0.1) is 46.7 Å². The maximum Gasteiger partial charge on any atom is 0.135 e. The molecule has 0 fully saturated rings. The molecule has 3 aromatic rings. The lowest BCUT2D eigenvalue weighted by Gasteiger charge is -2.11. The van der Waals surface area contributed by atoms with E-state index >= 15 is 0 Å². The van der Waals surface area contributed by atoms with Crippen LogP contribution in [0.25, 0.3) is 0 Å². The van der Waals surface area contributed by atoms with Crippen molar-refractivity contribution in [3.05, 3.63) is 78.4 Å². The summed E-state index contributed by atoms with van der Waals surface area (Å²) < 4.78 is 23.9. The average molecular weight is 380 g/mol. The van der Waals surface area contributed by atoms with Gasteiger partial charge >= 0.3 is 0 Å². The highest BCUT2D eigenvalue weighted by molar-refractivity contribution is 7.85. The molecule has 0 aliphatic heterocycles. The molecule has 3 aromatic carbocycles. The van der Waals surface area contributed by atoms with Crippen LogP contribution in [0.15, 0.2) is 87.7 Å². The van der Waals surface area contributed by atoms with Gasteiger partial charge in [-0.05, 0) is 30.3 Å². The number of rotatable bonds is 7. The summed E-state index contributed by atoms with van der Waals surface area (Å²) in [5.41, 5.74) is 4.60. The minimum absolute atomic E-state index is 0.545. The van der Waals surface area contributed by atoms with Crippen molar-refractivity contribution < 1.29 is 13.7 Å². The topological polar surface area (TPSA) is 59.9 Å². The quantitative estimate of drug-likeness (QED) is 0.490. The summed E-state index contributed by atoms with van der Waals surface area (Å²) in [7, 11) is 1.68. The van der Waals surface area contributed by atoms with Crippen LogP contribution in [0.1, 0.15) is 5.56 Å². The number of benzene rings is 3. The molecular weight excluding hydrogens is 360 g/mol. The van der Waals surface area contributed by atoms with Gasteiger partial charge in [0.25, 0.3) is 0 Å². The van der Waals surface area contributed by atoms with Crippen molar-refractivity contribution >= 4 is 22.7 Å². The lowest BCUT2D eigenvalue weighted by molar-refractivity contribution is 0.393. The smallest absolute Gasteiger partial charge is 0.135 e. The molecule has 0 bridgehead atoms. The molecule has 0 heterocycles. The first-order valence-corrected chi connectivity index (χ1v) is 9.45. The summed E-state index contributed by atoms with van der Waals surface area (Å²) in [5, 5.41) is 4.26. The number of hydrazone groups is 1. The van der Waals surface area contributed by atoms with Crippen LogP contribution in [-0.4, -0.2) is 24.6 Å². The molecule has 0 saturated heterocycles. The zero-order valence-corrected chi connectivity index (χ0v) is 15.9. The zero-order valence-electron chi connectivity index (χ0n) is 15.1. The maximum absolute atomic E-state index is 13.2. The number of nitrogens with one attached hydrogen (secondary N) is 1. The minimum Gasteiger partial charge on any atom is -0.497 e. The predicted molar refractivity (Wildman–Crippen MR) is 108 cm³/mol. The fourth-order valence-corrected chi connectivity index (χ4v) is 3.82.